The third-order valence-electron chi connectivity index (χ3n) is 1.85. The molecule has 0 saturated heterocycles. The first-order chi connectivity index (χ1) is 7.84. The molecule has 0 heterocycles. The van der Waals surface area contributed by atoms with Crippen LogP contribution in [0, 0.1) is 0 Å². The van der Waals surface area contributed by atoms with Gasteiger partial charge in [0.05, 0.1) is 0 Å². The van der Waals surface area contributed by atoms with Crippen molar-refractivity contribution in [3.8, 4) is 11.5 Å². The van der Waals surface area contributed by atoms with E-state index in [1.54, 1.807) is 48.5 Å². The first-order valence-electron chi connectivity index (χ1n) is 4.78. The zero-order valence-electron chi connectivity index (χ0n) is 9.45. The molecule has 92 valence electrons. The van der Waals surface area contributed by atoms with Gasteiger partial charge in [-0.15, -0.1) is 0 Å². The van der Waals surface area contributed by atoms with Crippen LogP contribution in [0.25, 0.3) is 0 Å². The second-order valence-electron chi connectivity index (χ2n) is 3.03. The summed E-state index contributed by atoms with van der Waals surface area (Å²) in [6.45, 7) is 0. The Hall–Kier alpha value is -1.19. The maximum Gasteiger partial charge on any atom is 0.805 e. The Kier molecular flexibility index (Phi) is 8.26. The average Bonchev–Trinajstić information content (AvgIpc) is 2.31. The molecule has 0 fully saturated rings. The molecule has 2 N–H and O–H groups in total. The van der Waals surface area contributed by atoms with E-state index in [1.165, 1.54) is 0 Å². The third kappa shape index (κ3) is 5.43. The molecule has 2 aromatic carbocycles. The van der Waals surface area contributed by atoms with Crippen molar-refractivity contribution in [3.05, 3.63) is 60.7 Å². The van der Waals surface area contributed by atoms with Crippen molar-refractivity contribution < 1.29 is 40.8 Å². The summed E-state index contributed by atoms with van der Waals surface area (Å²) in [6.07, 6.45) is 0. The molecule has 6 heteroatoms. The quantitative estimate of drug-likeness (QED) is 0.644. The normalized spacial score (nSPS) is 8.44. The van der Waals surface area contributed by atoms with E-state index < -0.39 is 8.25 Å². The largest absolute Gasteiger partial charge is 0.805 e. The Morgan fingerprint density at radius 2 is 1.06 bits per heavy atom. The number of hydrogen-bond acceptors (Lipinski definition) is 3. The van der Waals surface area contributed by atoms with Crippen molar-refractivity contribution in [2.45, 2.75) is 0 Å². The van der Waals surface area contributed by atoms with E-state index in [2.05, 4.69) is 0 Å². The van der Waals surface area contributed by atoms with Crippen LogP contribution in [0.1, 0.15) is 0 Å². The SMILES string of the molecule is O.O=[P+](Oc1ccccc1)Oc1ccccc1.[Ti]. The van der Waals surface area contributed by atoms with Gasteiger partial charge in [0, 0.05) is 26.3 Å². The molecular weight excluding hydrogens is 287 g/mol. The molecule has 0 unspecified atom stereocenters. The van der Waals surface area contributed by atoms with E-state index in [9.17, 15) is 4.57 Å². The summed E-state index contributed by atoms with van der Waals surface area (Å²) in [5.74, 6) is 1.05. The minimum Gasteiger partial charge on any atom is -0.412 e. The topological polar surface area (TPSA) is 67.0 Å². The van der Waals surface area contributed by atoms with Crippen LogP contribution in [-0.2, 0) is 26.3 Å². The monoisotopic (exact) mass is 299 g/mol. The molecule has 0 aromatic heterocycles. The fourth-order valence-corrected chi connectivity index (χ4v) is 1.78. The molecule has 0 aliphatic heterocycles. The number of hydrogen-bond donors (Lipinski definition) is 0. The van der Waals surface area contributed by atoms with Gasteiger partial charge >= 0.3 is 8.25 Å². The molecule has 0 radical (unpaired) electrons. The van der Waals surface area contributed by atoms with Crippen LogP contribution >= 0.6 is 8.25 Å². The van der Waals surface area contributed by atoms with Gasteiger partial charge in [0.15, 0.2) is 11.5 Å². The van der Waals surface area contributed by atoms with Crippen LogP contribution in [0.15, 0.2) is 60.7 Å². The Labute approximate surface area is 121 Å². The zero-order valence-corrected chi connectivity index (χ0v) is 11.9. The molecule has 0 amide bonds. The van der Waals surface area contributed by atoms with Crippen molar-refractivity contribution in [1.82, 2.24) is 0 Å². The molecule has 2 aromatic rings. The first kappa shape index (κ1) is 16.8. The summed E-state index contributed by atoms with van der Waals surface area (Å²) < 4.78 is 21.7. The molecule has 18 heavy (non-hydrogen) atoms. The number of rotatable bonds is 4. The second-order valence-corrected chi connectivity index (χ2v) is 3.84. The summed E-state index contributed by atoms with van der Waals surface area (Å²) in [4.78, 5) is 0. The molecule has 0 spiro atoms. The number of para-hydroxylation sites is 2. The van der Waals surface area contributed by atoms with Gasteiger partial charge in [0.25, 0.3) is 0 Å². The molecule has 2 rings (SSSR count). The van der Waals surface area contributed by atoms with Crippen molar-refractivity contribution in [2.24, 2.45) is 0 Å². The number of benzene rings is 2. The zero-order chi connectivity index (χ0) is 11.2. The predicted octanol–water partition coefficient (Wildman–Crippen LogP) is 2.97. The second kappa shape index (κ2) is 8.84. The summed E-state index contributed by atoms with van der Waals surface area (Å²) in [5, 5.41) is 0. The Balaban J connectivity index is 0.00000144. The molecule has 0 aliphatic rings. The van der Waals surface area contributed by atoms with E-state index in [0.717, 1.165) is 0 Å². The minimum atomic E-state index is -2.18. The van der Waals surface area contributed by atoms with Gasteiger partial charge < -0.3 is 5.48 Å². The van der Waals surface area contributed by atoms with Crippen molar-refractivity contribution in [2.75, 3.05) is 0 Å². The van der Waals surface area contributed by atoms with Crippen LogP contribution in [0.3, 0.4) is 0 Å². The van der Waals surface area contributed by atoms with Gasteiger partial charge in [-0.25, -0.2) is 9.05 Å². The standard InChI is InChI=1S/C12H10O3P.H2O.Ti/c13-16(14-11-7-3-1-4-8-11)15-12-9-5-2-6-10-12;;/h1-10H;1H2;/q+1;;. The van der Waals surface area contributed by atoms with Crippen molar-refractivity contribution in [3.63, 3.8) is 0 Å². The first-order valence-corrected chi connectivity index (χ1v) is 5.87. The van der Waals surface area contributed by atoms with E-state index >= 15 is 0 Å². The van der Waals surface area contributed by atoms with E-state index in [1.807, 2.05) is 12.1 Å². The van der Waals surface area contributed by atoms with Gasteiger partial charge in [-0.3, -0.25) is 0 Å². The minimum absolute atomic E-state index is 0. The van der Waals surface area contributed by atoms with Crippen molar-refractivity contribution >= 4 is 8.25 Å². The van der Waals surface area contributed by atoms with Crippen LogP contribution in [0.2, 0.25) is 0 Å². The fraction of sp³-hybridized carbons (Fsp3) is 0. The van der Waals surface area contributed by atoms with E-state index in [4.69, 9.17) is 9.05 Å². The molecule has 0 aliphatic carbocycles. The maximum absolute atomic E-state index is 11.5. The van der Waals surface area contributed by atoms with E-state index in [-0.39, 0.29) is 27.2 Å². The average molecular weight is 299 g/mol. The fourth-order valence-electron chi connectivity index (χ4n) is 1.15. The van der Waals surface area contributed by atoms with Gasteiger partial charge in [-0.2, -0.15) is 0 Å². The van der Waals surface area contributed by atoms with Crippen LogP contribution in [0.5, 0.6) is 11.5 Å². The van der Waals surface area contributed by atoms with Gasteiger partial charge in [0.1, 0.15) is 0 Å². The Morgan fingerprint density at radius 1 is 0.722 bits per heavy atom. The van der Waals surface area contributed by atoms with Crippen LogP contribution in [0.4, 0.5) is 0 Å². The summed E-state index contributed by atoms with van der Waals surface area (Å²) in [6, 6.07) is 17.8. The van der Waals surface area contributed by atoms with Gasteiger partial charge in [-0.1, -0.05) is 36.4 Å². The molecule has 4 nitrogen and oxygen atoms in total. The van der Waals surface area contributed by atoms with Crippen LogP contribution < -0.4 is 9.05 Å². The Morgan fingerprint density at radius 3 is 1.39 bits per heavy atom. The molecule has 0 bridgehead atoms. The van der Waals surface area contributed by atoms with Crippen molar-refractivity contribution in [1.29, 1.82) is 0 Å². The Bertz CT molecular complexity index is 421. The third-order valence-corrected chi connectivity index (χ3v) is 2.57. The van der Waals surface area contributed by atoms with Crippen LogP contribution in [-0.4, -0.2) is 5.48 Å². The molecule has 0 saturated carbocycles. The van der Waals surface area contributed by atoms with E-state index in [0.29, 0.717) is 11.5 Å². The van der Waals surface area contributed by atoms with Gasteiger partial charge in [0.2, 0.25) is 0 Å². The summed E-state index contributed by atoms with van der Waals surface area (Å²) in [5.41, 5.74) is 0. The molecular formula is C12H12O4PTi+. The van der Waals surface area contributed by atoms with Gasteiger partial charge in [-0.05, 0) is 24.3 Å². The molecule has 0 atom stereocenters. The predicted molar refractivity (Wildman–Crippen MR) is 65.4 cm³/mol. The maximum atomic E-state index is 11.5. The summed E-state index contributed by atoms with van der Waals surface area (Å²) >= 11 is 0. The smallest absolute Gasteiger partial charge is 0.412 e. The summed E-state index contributed by atoms with van der Waals surface area (Å²) in [7, 11) is -2.18.